The third-order valence-corrected chi connectivity index (χ3v) is 5.06. The van der Waals surface area contributed by atoms with Gasteiger partial charge in [0, 0.05) is 42.0 Å². The summed E-state index contributed by atoms with van der Waals surface area (Å²) in [5, 5.41) is 0.487. The number of aromatic nitrogens is 1. The number of rotatable bonds is 2. The van der Waals surface area contributed by atoms with Crippen molar-refractivity contribution in [2.24, 2.45) is 0 Å². The van der Waals surface area contributed by atoms with Gasteiger partial charge in [-0.1, -0.05) is 30.3 Å². The molecule has 1 fully saturated rings. The molecule has 1 aliphatic heterocycles. The van der Waals surface area contributed by atoms with Crippen molar-refractivity contribution in [1.82, 2.24) is 9.88 Å². The van der Waals surface area contributed by atoms with Crippen molar-refractivity contribution in [2.45, 2.75) is 11.7 Å². The van der Waals surface area contributed by atoms with Gasteiger partial charge < -0.3 is 4.90 Å². The highest BCUT2D eigenvalue weighted by atomic mass is 32.2. The van der Waals surface area contributed by atoms with E-state index >= 15 is 0 Å². The molecule has 0 radical (unpaired) electrons. The van der Waals surface area contributed by atoms with Crippen LogP contribution >= 0.6 is 11.8 Å². The lowest BCUT2D eigenvalue weighted by Gasteiger charge is -2.20. The van der Waals surface area contributed by atoms with Gasteiger partial charge >= 0.3 is 0 Å². The van der Waals surface area contributed by atoms with Crippen LogP contribution in [0.25, 0.3) is 0 Å². The summed E-state index contributed by atoms with van der Waals surface area (Å²) in [5.74, 6) is 1.10. The topological polar surface area (TPSA) is 33.2 Å². The molecule has 1 atom stereocenters. The van der Waals surface area contributed by atoms with Gasteiger partial charge in [-0.15, -0.1) is 0 Å². The highest BCUT2D eigenvalue weighted by Crippen LogP contribution is 2.34. The zero-order valence-corrected chi connectivity index (χ0v) is 12.6. The summed E-state index contributed by atoms with van der Waals surface area (Å²) in [6, 6.07) is 14.1. The molecule has 1 aromatic carbocycles. The fourth-order valence-corrected chi connectivity index (χ4v) is 3.82. The van der Waals surface area contributed by atoms with Crippen LogP contribution in [0.5, 0.6) is 0 Å². The van der Waals surface area contributed by atoms with Gasteiger partial charge in [0.05, 0.1) is 0 Å². The van der Waals surface area contributed by atoms with E-state index in [9.17, 15) is 4.79 Å². The number of benzene rings is 1. The average molecular weight is 298 g/mol. The molecule has 2 heterocycles. The third-order valence-electron chi connectivity index (χ3n) is 3.73. The second-order valence-electron chi connectivity index (χ2n) is 5.09. The zero-order valence-electron chi connectivity index (χ0n) is 11.8. The summed E-state index contributed by atoms with van der Waals surface area (Å²) < 4.78 is 0. The van der Waals surface area contributed by atoms with E-state index in [0.29, 0.717) is 5.25 Å². The van der Waals surface area contributed by atoms with E-state index in [1.165, 1.54) is 5.56 Å². The van der Waals surface area contributed by atoms with Crippen molar-refractivity contribution in [2.75, 3.05) is 18.8 Å². The summed E-state index contributed by atoms with van der Waals surface area (Å²) in [7, 11) is 0. The van der Waals surface area contributed by atoms with Crippen molar-refractivity contribution in [1.29, 1.82) is 0 Å². The number of pyridine rings is 1. The summed E-state index contributed by atoms with van der Waals surface area (Å²) in [4.78, 5) is 18.4. The number of hydrogen-bond donors (Lipinski definition) is 0. The second-order valence-corrected chi connectivity index (χ2v) is 6.40. The Labute approximate surface area is 129 Å². The van der Waals surface area contributed by atoms with Gasteiger partial charge in [0.2, 0.25) is 0 Å². The molecule has 4 heteroatoms. The minimum atomic E-state index is 0.117. The fourth-order valence-electron chi connectivity index (χ4n) is 2.58. The maximum Gasteiger partial charge on any atom is 0.253 e. The Morgan fingerprint density at radius 3 is 2.62 bits per heavy atom. The Bertz CT molecular complexity index is 588. The van der Waals surface area contributed by atoms with E-state index in [1.807, 2.05) is 22.7 Å². The molecule has 1 unspecified atom stereocenters. The molecule has 1 saturated heterocycles. The summed E-state index contributed by atoms with van der Waals surface area (Å²) in [5.41, 5.74) is 2.09. The monoisotopic (exact) mass is 298 g/mol. The van der Waals surface area contributed by atoms with E-state index in [2.05, 4.69) is 29.2 Å². The zero-order chi connectivity index (χ0) is 14.5. The van der Waals surface area contributed by atoms with Gasteiger partial charge in [-0.25, -0.2) is 0 Å². The maximum atomic E-state index is 12.5. The average Bonchev–Trinajstić information content (AvgIpc) is 2.82. The number of nitrogens with zero attached hydrogens (tertiary/aromatic N) is 2. The Hall–Kier alpha value is -1.81. The normalized spacial score (nSPS) is 19.0. The highest BCUT2D eigenvalue weighted by molar-refractivity contribution is 7.99. The van der Waals surface area contributed by atoms with Crippen LogP contribution in [-0.4, -0.2) is 34.6 Å². The molecule has 2 aromatic rings. The summed E-state index contributed by atoms with van der Waals surface area (Å²) >= 11 is 1.95. The molecular formula is C17H18N2OS. The molecule has 3 nitrogen and oxygen atoms in total. The predicted octanol–water partition coefficient (Wildman–Crippen LogP) is 3.40. The van der Waals surface area contributed by atoms with Gasteiger partial charge in [-0.2, -0.15) is 11.8 Å². The van der Waals surface area contributed by atoms with Crippen molar-refractivity contribution >= 4 is 17.7 Å². The van der Waals surface area contributed by atoms with Gasteiger partial charge in [0.1, 0.15) is 0 Å². The molecule has 1 amide bonds. The first-order valence-electron chi connectivity index (χ1n) is 7.20. The van der Waals surface area contributed by atoms with Crippen molar-refractivity contribution in [3.8, 4) is 0 Å². The van der Waals surface area contributed by atoms with Crippen molar-refractivity contribution in [3.05, 3.63) is 66.0 Å². The Morgan fingerprint density at radius 2 is 1.86 bits per heavy atom. The van der Waals surface area contributed by atoms with E-state index in [1.54, 1.807) is 24.5 Å². The van der Waals surface area contributed by atoms with Crippen LogP contribution in [0.4, 0.5) is 0 Å². The Morgan fingerprint density at radius 1 is 1.10 bits per heavy atom. The van der Waals surface area contributed by atoms with E-state index < -0.39 is 0 Å². The van der Waals surface area contributed by atoms with Crippen molar-refractivity contribution in [3.63, 3.8) is 0 Å². The lowest BCUT2D eigenvalue weighted by molar-refractivity contribution is 0.0766. The van der Waals surface area contributed by atoms with Crippen LogP contribution in [0.3, 0.4) is 0 Å². The highest BCUT2D eigenvalue weighted by Gasteiger charge is 2.22. The molecular weight excluding hydrogens is 280 g/mol. The molecule has 0 aliphatic carbocycles. The van der Waals surface area contributed by atoms with Gasteiger partial charge in [-0.05, 0) is 24.1 Å². The van der Waals surface area contributed by atoms with E-state index in [0.717, 1.165) is 30.8 Å². The minimum Gasteiger partial charge on any atom is -0.338 e. The lowest BCUT2D eigenvalue weighted by atomic mass is 10.1. The maximum absolute atomic E-state index is 12.5. The number of amides is 1. The molecule has 0 bridgehead atoms. The van der Waals surface area contributed by atoms with E-state index in [4.69, 9.17) is 0 Å². The molecule has 0 spiro atoms. The third kappa shape index (κ3) is 3.45. The second kappa shape index (κ2) is 6.76. The molecule has 1 aliphatic rings. The molecule has 1 aromatic heterocycles. The van der Waals surface area contributed by atoms with Crippen LogP contribution < -0.4 is 0 Å². The van der Waals surface area contributed by atoms with Crippen LogP contribution in [0.15, 0.2) is 54.9 Å². The number of thioether (sulfide) groups is 1. The van der Waals surface area contributed by atoms with Crippen LogP contribution in [0.1, 0.15) is 27.6 Å². The first kappa shape index (κ1) is 14.1. The van der Waals surface area contributed by atoms with Gasteiger partial charge in [-0.3, -0.25) is 9.78 Å². The number of carbonyl (C=O) groups excluding carboxylic acids is 1. The lowest BCUT2D eigenvalue weighted by Crippen LogP contribution is -2.32. The van der Waals surface area contributed by atoms with Crippen LogP contribution in [0.2, 0.25) is 0 Å². The Kier molecular flexibility index (Phi) is 4.55. The van der Waals surface area contributed by atoms with Crippen LogP contribution in [0, 0.1) is 0 Å². The molecule has 21 heavy (non-hydrogen) atoms. The first-order valence-corrected chi connectivity index (χ1v) is 8.25. The molecule has 108 valence electrons. The predicted molar refractivity (Wildman–Crippen MR) is 86.4 cm³/mol. The molecule has 0 saturated carbocycles. The Balaban J connectivity index is 1.67. The van der Waals surface area contributed by atoms with Crippen LogP contribution in [-0.2, 0) is 0 Å². The van der Waals surface area contributed by atoms with Gasteiger partial charge in [0.25, 0.3) is 5.91 Å². The number of carbonyl (C=O) groups is 1. The molecule has 0 N–H and O–H groups in total. The van der Waals surface area contributed by atoms with Crippen molar-refractivity contribution < 1.29 is 4.79 Å². The number of hydrogen-bond acceptors (Lipinski definition) is 3. The first-order chi connectivity index (χ1) is 10.3. The van der Waals surface area contributed by atoms with Gasteiger partial charge in [0.15, 0.2) is 0 Å². The largest absolute Gasteiger partial charge is 0.338 e. The quantitative estimate of drug-likeness (QED) is 0.852. The standard InChI is InChI=1S/C17H18N2OS/c20-17(15-6-9-18-10-7-15)19-11-8-16(21-13-12-19)14-4-2-1-3-5-14/h1-7,9-10,16H,8,11-13H2. The summed E-state index contributed by atoms with van der Waals surface area (Å²) in [6.45, 7) is 1.63. The fraction of sp³-hybridized carbons (Fsp3) is 0.294. The smallest absolute Gasteiger partial charge is 0.253 e. The summed E-state index contributed by atoms with van der Waals surface area (Å²) in [6.07, 6.45) is 4.35. The molecule has 3 rings (SSSR count). The SMILES string of the molecule is O=C(c1ccncc1)N1CCSC(c2ccccc2)CC1. The minimum absolute atomic E-state index is 0.117. The van der Waals surface area contributed by atoms with E-state index in [-0.39, 0.29) is 5.91 Å².